The molecule has 2 amide bonds. The van der Waals surface area contributed by atoms with Crippen LogP contribution in [-0.4, -0.2) is 24.9 Å². The van der Waals surface area contributed by atoms with Crippen molar-refractivity contribution in [1.29, 1.82) is 0 Å². The quantitative estimate of drug-likeness (QED) is 0.789. The van der Waals surface area contributed by atoms with E-state index in [4.69, 9.17) is 0 Å². The number of hydrogen-bond donors (Lipinski definition) is 2. The summed E-state index contributed by atoms with van der Waals surface area (Å²) in [6, 6.07) is 5.65. The fraction of sp³-hybridized carbons (Fsp3) is 0.467. The summed E-state index contributed by atoms with van der Waals surface area (Å²) in [4.78, 5) is 23.3. The molecule has 4 heteroatoms. The van der Waals surface area contributed by atoms with Gasteiger partial charge in [0.15, 0.2) is 0 Å². The number of carbonyl (C=O) groups excluding carboxylic acids is 2. The molecular weight excluding hydrogens is 240 g/mol. The zero-order chi connectivity index (χ0) is 13.8. The van der Waals surface area contributed by atoms with Crippen molar-refractivity contribution in [3.8, 4) is 0 Å². The highest BCUT2D eigenvalue weighted by atomic mass is 16.2. The van der Waals surface area contributed by atoms with Crippen molar-refractivity contribution in [3.63, 3.8) is 0 Å². The Balaban J connectivity index is 1.74. The molecule has 1 saturated carbocycles. The van der Waals surface area contributed by atoms with Crippen LogP contribution in [0.3, 0.4) is 0 Å². The molecule has 2 N–H and O–H groups in total. The van der Waals surface area contributed by atoms with Crippen LogP contribution in [0.5, 0.6) is 0 Å². The third-order valence-electron chi connectivity index (χ3n) is 3.43. The second kappa shape index (κ2) is 5.87. The fourth-order valence-electron chi connectivity index (χ4n) is 1.84. The molecule has 0 unspecified atom stereocenters. The molecule has 1 aromatic rings. The van der Waals surface area contributed by atoms with E-state index >= 15 is 0 Å². The van der Waals surface area contributed by atoms with Gasteiger partial charge in [-0.2, -0.15) is 0 Å². The third-order valence-corrected chi connectivity index (χ3v) is 3.43. The van der Waals surface area contributed by atoms with Crippen molar-refractivity contribution >= 4 is 11.8 Å². The van der Waals surface area contributed by atoms with Gasteiger partial charge >= 0.3 is 0 Å². The van der Waals surface area contributed by atoms with Crippen LogP contribution in [-0.2, 0) is 4.79 Å². The summed E-state index contributed by atoms with van der Waals surface area (Å²) in [7, 11) is 0. The van der Waals surface area contributed by atoms with Gasteiger partial charge < -0.3 is 10.6 Å². The number of amides is 2. The SMILES string of the molecule is Cc1ccc(C(=O)NCCNC(=O)C2CC2)cc1C. The lowest BCUT2D eigenvalue weighted by molar-refractivity contribution is -0.122. The highest BCUT2D eigenvalue weighted by Crippen LogP contribution is 2.28. The Hall–Kier alpha value is -1.84. The fourth-order valence-corrected chi connectivity index (χ4v) is 1.84. The van der Waals surface area contributed by atoms with Crippen LogP contribution in [0.1, 0.15) is 34.3 Å². The Bertz CT molecular complexity index is 493. The van der Waals surface area contributed by atoms with Crippen LogP contribution >= 0.6 is 0 Å². The summed E-state index contributed by atoms with van der Waals surface area (Å²) in [6.45, 7) is 4.96. The van der Waals surface area contributed by atoms with Gasteiger partial charge in [-0.05, 0) is 49.9 Å². The summed E-state index contributed by atoms with van der Waals surface area (Å²) in [5.74, 6) is 0.236. The first kappa shape index (κ1) is 13.6. The van der Waals surface area contributed by atoms with Gasteiger partial charge in [-0.1, -0.05) is 6.07 Å². The van der Waals surface area contributed by atoms with Crippen molar-refractivity contribution in [2.75, 3.05) is 13.1 Å². The van der Waals surface area contributed by atoms with Crippen LogP contribution < -0.4 is 10.6 Å². The Labute approximate surface area is 113 Å². The monoisotopic (exact) mass is 260 g/mol. The average Bonchev–Trinajstić information content (AvgIpc) is 3.21. The molecule has 0 atom stereocenters. The Morgan fingerprint density at radius 1 is 1.11 bits per heavy atom. The summed E-state index contributed by atoms with van der Waals surface area (Å²) < 4.78 is 0. The van der Waals surface area contributed by atoms with E-state index < -0.39 is 0 Å². The van der Waals surface area contributed by atoms with E-state index in [1.54, 1.807) is 0 Å². The van der Waals surface area contributed by atoms with Gasteiger partial charge in [0.05, 0.1) is 0 Å². The molecule has 0 spiro atoms. The topological polar surface area (TPSA) is 58.2 Å². The Kier molecular flexibility index (Phi) is 4.20. The predicted molar refractivity (Wildman–Crippen MR) is 74.0 cm³/mol. The number of nitrogens with one attached hydrogen (secondary N) is 2. The lowest BCUT2D eigenvalue weighted by Gasteiger charge is -2.08. The van der Waals surface area contributed by atoms with E-state index in [-0.39, 0.29) is 17.7 Å². The highest BCUT2D eigenvalue weighted by molar-refractivity contribution is 5.94. The van der Waals surface area contributed by atoms with Gasteiger partial charge in [-0.3, -0.25) is 9.59 Å². The standard InChI is InChI=1S/C15H20N2O2/c1-10-3-4-13(9-11(10)2)15(19)17-8-7-16-14(18)12-5-6-12/h3-4,9,12H,5-8H2,1-2H3,(H,16,18)(H,17,19). The van der Waals surface area contributed by atoms with Crippen LogP contribution in [0.25, 0.3) is 0 Å². The number of carbonyl (C=O) groups is 2. The number of hydrogen-bond acceptors (Lipinski definition) is 2. The molecule has 4 nitrogen and oxygen atoms in total. The van der Waals surface area contributed by atoms with Gasteiger partial charge in [-0.25, -0.2) is 0 Å². The maximum atomic E-state index is 11.9. The second-order valence-electron chi connectivity index (χ2n) is 5.12. The van der Waals surface area contributed by atoms with Gasteiger partial charge in [0, 0.05) is 24.6 Å². The first-order valence-corrected chi connectivity index (χ1v) is 6.71. The number of rotatable bonds is 5. The number of aryl methyl sites for hydroxylation is 2. The molecule has 2 rings (SSSR count). The maximum Gasteiger partial charge on any atom is 0.251 e. The van der Waals surface area contributed by atoms with Crippen LogP contribution in [0.4, 0.5) is 0 Å². The van der Waals surface area contributed by atoms with Crippen molar-refractivity contribution < 1.29 is 9.59 Å². The molecule has 1 aromatic carbocycles. The van der Waals surface area contributed by atoms with Crippen LogP contribution in [0.2, 0.25) is 0 Å². The van der Waals surface area contributed by atoms with Crippen molar-refractivity contribution in [2.45, 2.75) is 26.7 Å². The van der Waals surface area contributed by atoms with E-state index in [1.165, 1.54) is 5.56 Å². The van der Waals surface area contributed by atoms with Crippen molar-refractivity contribution in [3.05, 3.63) is 34.9 Å². The minimum atomic E-state index is -0.0937. The zero-order valence-corrected chi connectivity index (χ0v) is 11.5. The predicted octanol–water partition coefficient (Wildman–Crippen LogP) is 1.56. The van der Waals surface area contributed by atoms with Crippen molar-refractivity contribution in [1.82, 2.24) is 10.6 Å². The zero-order valence-electron chi connectivity index (χ0n) is 11.5. The average molecular weight is 260 g/mol. The molecule has 19 heavy (non-hydrogen) atoms. The van der Waals surface area contributed by atoms with Crippen LogP contribution in [0.15, 0.2) is 18.2 Å². The Morgan fingerprint density at radius 2 is 1.79 bits per heavy atom. The third kappa shape index (κ3) is 3.81. The van der Waals surface area contributed by atoms with Crippen molar-refractivity contribution in [2.24, 2.45) is 5.92 Å². The molecule has 0 heterocycles. The van der Waals surface area contributed by atoms with E-state index in [0.717, 1.165) is 18.4 Å². The molecule has 1 fully saturated rings. The second-order valence-corrected chi connectivity index (χ2v) is 5.12. The van der Waals surface area contributed by atoms with Gasteiger partial charge in [-0.15, -0.1) is 0 Å². The molecule has 0 bridgehead atoms. The molecule has 1 aliphatic rings. The minimum absolute atomic E-state index is 0.0937. The lowest BCUT2D eigenvalue weighted by atomic mass is 10.1. The molecule has 0 radical (unpaired) electrons. The van der Waals surface area contributed by atoms with E-state index in [2.05, 4.69) is 10.6 Å². The largest absolute Gasteiger partial charge is 0.354 e. The molecular formula is C15H20N2O2. The Morgan fingerprint density at radius 3 is 2.42 bits per heavy atom. The van der Waals surface area contributed by atoms with Gasteiger partial charge in [0.1, 0.15) is 0 Å². The van der Waals surface area contributed by atoms with E-state index in [9.17, 15) is 9.59 Å². The molecule has 102 valence electrons. The summed E-state index contributed by atoms with van der Waals surface area (Å²) in [6.07, 6.45) is 2.00. The van der Waals surface area contributed by atoms with Gasteiger partial charge in [0.2, 0.25) is 5.91 Å². The summed E-state index contributed by atoms with van der Waals surface area (Å²) in [5.41, 5.74) is 2.94. The normalized spacial score (nSPS) is 14.0. The maximum absolute atomic E-state index is 11.9. The van der Waals surface area contributed by atoms with Crippen LogP contribution in [0, 0.1) is 19.8 Å². The lowest BCUT2D eigenvalue weighted by Crippen LogP contribution is -2.35. The summed E-state index contributed by atoms with van der Waals surface area (Å²) in [5, 5.41) is 5.62. The smallest absolute Gasteiger partial charge is 0.251 e. The first-order valence-electron chi connectivity index (χ1n) is 6.71. The molecule has 0 saturated heterocycles. The van der Waals surface area contributed by atoms with E-state index in [0.29, 0.717) is 18.7 Å². The van der Waals surface area contributed by atoms with Gasteiger partial charge in [0.25, 0.3) is 5.91 Å². The molecule has 0 aromatic heterocycles. The molecule has 0 aliphatic heterocycles. The molecule has 1 aliphatic carbocycles. The van der Waals surface area contributed by atoms with E-state index in [1.807, 2.05) is 32.0 Å². The number of benzene rings is 1. The first-order chi connectivity index (χ1) is 9.08. The minimum Gasteiger partial charge on any atom is -0.354 e. The highest BCUT2D eigenvalue weighted by Gasteiger charge is 2.28. The summed E-state index contributed by atoms with van der Waals surface area (Å²) >= 11 is 0.